The number of hydrogen-bond donors (Lipinski definition) is 0. The third-order valence-electron chi connectivity index (χ3n) is 3.16. The van der Waals surface area contributed by atoms with Crippen molar-refractivity contribution < 1.29 is 14.3 Å². The topological polar surface area (TPSA) is 46.6 Å². The van der Waals surface area contributed by atoms with Crippen LogP contribution < -0.4 is 9.64 Å². The first-order valence-electron chi connectivity index (χ1n) is 6.23. The lowest BCUT2D eigenvalue weighted by atomic mass is 10.1. The molecule has 0 saturated heterocycles. The number of Topliss-reactive ketones (excluding diaryl/α,β-unsaturated/α-hetero) is 1. The minimum Gasteiger partial charge on any atom is -0.497 e. The van der Waals surface area contributed by atoms with Gasteiger partial charge < -0.3 is 9.64 Å². The van der Waals surface area contributed by atoms with Crippen molar-refractivity contribution in [2.24, 2.45) is 0 Å². The van der Waals surface area contributed by atoms with Gasteiger partial charge in [0.2, 0.25) is 0 Å². The zero-order valence-electron chi connectivity index (χ0n) is 10.7. The lowest BCUT2D eigenvalue weighted by molar-refractivity contribution is -0.114. The number of rotatable bonds is 5. The highest BCUT2D eigenvalue weighted by Gasteiger charge is 2.35. The molecule has 0 fully saturated rings. The standard InChI is InChI=1S/C14H17NO3/c1-3-4-5-8-15-12-7-6-10(18-2)9-11(12)13(16)14(15)17/h6-7,9H,3-5,8H2,1-2H3. The molecule has 0 aromatic heterocycles. The van der Waals surface area contributed by atoms with Gasteiger partial charge in [-0.15, -0.1) is 0 Å². The van der Waals surface area contributed by atoms with Crippen molar-refractivity contribution in [2.45, 2.75) is 26.2 Å². The molecule has 0 spiro atoms. The number of methoxy groups -OCH3 is 1. The maximum atomic E-state index is 11.9. The Morgan fingerprint density at radius 3 is 2.67 bits per heavy atom. The van der Waals surface area contributed by atoms with Gasteiger partial charge in [-0.1, -0.05) is 19.8 Å². The van der Waals surface area contributed by atoms with Crippen LogP contribution in [0.2, 0.25) is 0 Å². The highest BCUT2D eigenvalue weighted by Crippen LogP contribution is 2.32. The van der Waals surface area contributed by atoms with Crippen LogP contribution in [-0.2, 0) is 4.79 Å². The van der Waals surface area contributed by atoms with E-state index in [1.54, 1.807) is 30.2 Å². The quantitative estimate of drug-likeness (QED) is 0.593. The number of unbranched alkanes of at least 4 members (excludes halogenated alkanes) is 2. The predicted molar refractivity (Wildman–Crippen MR) is 69.2 cm³/mol. The van der Waals surface area contributed by atoms with E-state index in [1.165, 1.54) is 0 Å². The van der Waals surface area contributed by atoms with Gasteiger partial charge in [0, 0.05) is 6.54 Å². The molecule has 0 radical (unpaired) electrons. The van der Waals surface area contributed by atoms with Crippen LogP contribution in [-0.4, -0.2) is 25.3 Å². The van der Waals surface area contributed by atoms with Gasteiger partial charge in [0.25, 0.3) is 11.7 Å². The van der Waals surface area contributed by atoms with E-state index in [9.17, 15) is 9.59 Å². The average molecular weight is 247 g/mol. The summed E-state index contributed by atoms with van der Waals surface area (Å²) >= 11 is 0. The highest BCUT2D eigenvalue weighted by atomic mass is 16.5. The summed E-state index contributed by atoms with van der Waals surface area (Å²) in [6, 6.07) is 5.19. The molecule has 4 heteroatoms. The van der Waals surface area contributed by atoms with Gasteiger partial charge in [-0.25, -0.2) is 0 Å². The second-order valence-corrected chi connectivity index (χ2v) is 4.38. The van der Waals surface area contributed by atoms with E-state index < -0.39 is 11.7 Å². The maximum Gasteiger partial charge on any atom is 0.299 e. The molecule has 0 saturated carbocycles. The van der Waals surface area contributed by atoms with Gasteiger partial charge in [0.05, 0.1) is 18.4 Å². The molecule has 1 aliphatic rings. The molecule has 1 heterocycles. The largest absolute Gasteiger partial charge is 0.497 e. The highest BCUT2D eigenvalue weighted by molar-refractivity contribution is 6.52. The summed E-state index contributed by atoms with van der Waals surface area (Å²) < 4.78 is 5.07. The lowest BCUT2D eigenvalue weighted by Crippen LogP contribution is -2.30. The number of ether oxygens (including phenoxy) is 1. The summed E-state index contributed by atoms with van der Waals surface area (Å²) in [5.41, 5.74) is 1.16. The summed E-state index contributed by atoms with van der Waals surface area (Å²) in [7, 11) is 1.54. The van der Waals surface area contributed by atoms with E-state index in [-0.39, 0.29) is 0 Å². The Labute approximate surface area is 107 Å². The number of benzene rings is 1. The molecule has 0 N–H and O–H groups in total. The van der Waals surface area contributed by atoms with E-state index in [2.05, 4.69) is 6.92 Å². The van der Waals surface area contributed by atoms with Crippen molar-refractivity contribution in [2.75, 3.05) is 18.6 Å². The van der Waals surface area contributed by atoms with Gasteiger partial charge in [0.1, 0.15) is 5.75 Å². The van der Waals surface area contributed by atoms with Crippen LogP contribution in [0, 0.1) is 0 Å². The summed E-state index contributed by atoms with van der Waals surface area (Å²) in [5, 5.41) is 0. The second-order valence-electron chi connectivity index (χ2n) is 4.38. The van der Waals surface area contributed by atoms with Crippen LogP contribution in [0.25, 0.3) is 0 Å². The van der Waals surface area contributed by atoms with Crippen molar-refractivity contribution in [3.8, 4) is 5.75 Å². The van der Waals surface area contributed by atoms with E-state index in [0.29, 0.717) is 23.5 Å². The van der Waals surface area contributed by atoms with Crippen molar-refractivity contribution >= 4 is 17.4 Å². The number of hydrogen-bond acceptors (Lipinski definition) is 3. The van der Waals surface area contributed by atoms with E-state index >= 15 is 0 Å². The lowest BCUT2D eigenvalue weighted by Gasteiger charge is -2.16. The van der Waals surface area contributed by atoms with E-state index in [4.69, 9.17) is 4.74 Å². The minimum absolute atomic E-state index is 0.422. The van der Waals surface area contributed by atoms with Crippen molar-refractivity contribution in [1.29, 1.82) is 0 Å². The van der Waals surface area contributed by atoms with Gasteiger partial charge in [-0.3, -0.25) is 9.59 Å². The molecular formula is C14H17NO3. The van der Waals surface area contributed by atoms with Crippen molar-refractivity contribution in [3.63, 3.8) is 0 Å². The average Bonchev–Trinajstić information content (AvgIpc) is 2.63. The molecule has 1 aliphatic heterocycles. The Balaban J connectivity index is 2.26. The molecule has 1 amide bonds. The first kappa shape index (κ1) is 12.6. The second kappa shape index (κ2) is 5.21. The number of amides is 1. The van der Waals surface area contributed by atoms with Gasteiger partial charge >= 0.3 is 0 Å². The predicted octanol–water partition coefficient (Wildman–Crippen LogP) is 2.41. The summed E-state index contributed by atoms with van der Waals surface area (Å²) in [4.78, 5) is 25.3. The molecule has 4 nitrogen and oxygen atoms in total. The first-order chi connectivity index (χ1) is 8.69. The molecule has 18 heavy (non-hydrogen) atoms. The zero-order chi connectivity index (χ0) is 13.1. The molecule has 1 aromatic rings. The van der Waals surface area contributed by atoms with Crippen LogP contribution >= 0.6 is 0 Å². The Hall–Kier alpha value is -1.84. The van der Waals surface area contributed by atoms with E-state index in [0.717, 1.165) is 19.3 Å². The Kier molecular flexibility index (Phi) is 3.65. The van der Waals surface area contributed by atoms with Gasteiger partial charge in [-0.2, -0.15) is 0 Å². The van der Waals surface area contributed by atoms with Crippen molar-refractivity contribution in [3.05, 3.63) is 23.8 Å². The monoisotopic (exact) mass is 247 g/mol. The molecule has 0 unspecified atom stereocenters. The van der Waals surface area contributed by atoms with Crippen LogP contribution in [0.3, 0.4) is 0 Å². The maximum absolute atomic E-state index is 11.9. The third-order valence-corrected chi connectivity index (χ3v) is 3.16. The van der Waals surface area contributed by atoms with Crippen LogP contribution in [0.1, 0.15) is 36.5 Å². The Bertz CT molecular complexity index is 482. The van der Waals surface area contributed by atoms with Crippen LogP contribution in [0.5, 0.6) is 5.75 Å². The number of ketones is 1. The first-order valence-corrected chi connectivity index (χ1v) is 6.23. The number of nitrogens with zero attached hydrogens (tertiary/aromatic N) is 1. The molecule has 1 aromatic carbocycles. The van der Waals surface area contributed by atoms with Crippen LogP contribution in [0.15, 0.2) is 18.2 Å². The molecule has 0 aliphatic carbocycles. The molecule has 96 valence electrons. The summed E-state index contributed by atoms with van der Waals surface area (Å²) in [5.74, 6) is -0.250. The fourth-order valence-corrected chi connectivity index (χ4v) is 2.15. The fraction of sp³-hybridized carbons (Fsp3) is 0.429. The summed E-state index contributed by atoms with van der Waals surface area (Å²) in [6.45, 7) is 2.72. The van der Waals surface area contributed by atoms with Crippen molar-refractivity contribution in [1.82, 2.24) is 0 Å². The molecular weight excluding hydrogens is 230 g/mol. The molecule has 0 atom stereocenters. The fourth-order valence-electron chi connectivity index (χ4n) is 2.15. The van der Waals surface area contributed by atoms with Gasteiger partial charge in [-0.05, 0) is 24.6 Å². The van der Waals surface area contributed by atoms with Gasteiger partial charge in [0.15, 0.2) is 0 Å². The molecule has 2 rings (SSSR count). The normalized spacial score (nSPS) is 14.0. The number of fused-ring (bicyclic) bond motifs is 1. The minimum atomic E-state index is -0.430. The third kappa shape index (κ3) is 2.10. The number of carbonyl (C=O) groups is 2. The number of anilines is 1. The summed E-state index contributed by atoms with van der Waals surface area (Å²) in [6.07, 6.45) is 3.07. The zero-order valence-corrected chi connectivity index (χ0v) is 10.7. The SMILES string of the molecule is CCCCCN1C(=O)C(=O)c2cc(OC)ccc21. The number of carbonyl (C=O) groups excluding carboxylic acids is 2. The van der Waals surface area contributed by atoms with E-state index in [1.807, 2.05) is 0 Å². The smallest absolute Gasteiger partial charge is 0.299 e. The van der Waals surface area contributed by atoms with Crippen LogP contribution in [0.4, 0.5) is 5.69 Å². The Morgan fingerprint density at radius 1 is 1.22 bits per heavy atom. The Morgan fingerprint density at radius 2 is 2.00 bits per heavy atom. The molecule has 0 bridgehead atoms.